The summed E-state index contributed by atoms with van der Waals surface area (Å²) in [6, 6.07) is -0.197. The average Bonchev–Trinajstić information content (AvgIpc) is 3.08. The van der Waals surface area contributed by atoms with Crippen LogP contribution in [0.4, 0.5) is 0 Å². The number of H-pyrrole nitrogens is 1. The lowest BCUT2D eigenvalue weighted by Gasteiger charge is -2.35. The first-order valence-electron chi connectivity index (χ1n) is 7.31. The molecule has 3 rings (SSSR count). The van der Waals surface area contributed by atoms with Crippen molar-refractivity contribution in [1.82, 2.24) is 19.8 Å². The zero-order chi connectivity index (χ0) is 14.8. The van der Waals surface area contributed by atoms with Crippen LogP contribution in [0.1, 0.15) is 30.4 Å². The molecule has 1 aromatic heterocycles. The molecule has 2 amide bonds. The molecular weight excluding hydrogens is 272 g/mol. The van der Waals surface area contributed by atoms with Crippen LogP contribution in [-0.2, 0) is 14.3 Å². The van der Waals surface area contributed by atoms with Crippen molar-refractivity contribution in [2.75, 3.05) is 32.8 Å². The average molecular weight is 292 g/mol. The largest absolute Gasteiger partial charge is 0.377 e. The fourth-order valence-corrected chi connectivity index (χ4v) is 2.86. The Labute approximate surface area is 123 Å². The van der Waals surface area contributed by atoms with Crippen molar-refractivity contribution in [3.8, 4) is 0 Å². The summed E-state index contributed by atoms with van der Waals surface area (Å²) in [4.78, 5) is 35.1. The summed E-state index contributed by atoms with van der Waals surface area (Å²) in [6.07, 6.45) is 3.14. The Bertz CT molecular complexity index is 542. The number of nitrogens with one attached hydrogen (secondary N) is 1. The fraction of sp³-hybridized carbons (Fsp3) is 0.643. The highest BCUT2D eigenvalue weighted by molar-refractivity contribution is 5.86. The zero-order valence-electron chi connectivity index (χ0n) is 12.2. The molecule has 2 aliphatic heterocycles. The van der Waals surface area contributed by atoms with Gasteiger partial charge in [0.25, 0.3) is 0 Å². The van der Waals surface area contributed by atoms with Crippen LogP contribution in [0.2, 0.25) is 0 Å². The van der Waals surface area contributed by atoms with Gasteiger partial charge in [-0.25, -0.2) is 4.98 Å². The third kappa shape index (κ3) is 2.92. The molecule has 0 spiro atoms. The Morgan fingerprint density at radius 3 is 3.05 bits per heavy atom. The quantitative estimate of drug-likeness (QED) is 0.865. The molecule has 21 heavy (non-hydrogen) atoms. The maximum Gasteiger partial charge on any atom is 0.242 e. The molecule has 0 aromatic carbocycles. The van der Waals surface area contributed by atoms with E-state index in [0.717, 1.165) is 17.9 Å². The summed E-state index contributed by atoms with van der Waals surface area (Å²) in [6.45, 7) is 4.26. The predicted molar refractivity (Wildman–Crippen MR) is 74.4 cm³/mol. The molecule has 7 nitrogen and oxygen atoms in total. The molecular formula is C14H20N4O3. The van der Waals surface area contributed by atoms with Crippen molar-refractivity contribution < 1.29 is 14.3 Å². The SMILES string of the molecule is Cc1cnc(C2COCCN2C(=O)CN2CCCC2=O)[nH]1. The van der Waals surface area contributed by atoms with E-state index in [1.165, 1.54) is 0 Å². The number of aromatic amines is 1. The van der Waals surface area contributed by atoms with Crippen LogP contribution in [0.3, 0.4) is 0 Å². The van der Waals surface area contributed by atoms with Crippen molar-refractivity contribution in [2.45, 2.75) is 25.8 Å². The smallest absolute Gasteiger partial charge is 0.242 e. The Hall–Kier alpha value is -1.89. The second-order valence-corrected chi connectivity index (χ2v) is 5.55. The molecule has 3 heterocycles. The first-order valence-corrected chi connectivity index (χ1v) is 7.31. The molecule has 0 radical (unpaired) electrons. The number of rotatable bonds is 3. The predicted octanol–water partition coefficient (Wildman–Crippen LogP) is 0.240. The van der Waals surface area contributed by atoms with Crippen LogP contribution in [0, 0.1) is 6.92 Å². The number of hydrogen-bond donors (Lipinski definition) is 1. The Morgan fingerprint density at radius 2 is 2.38 bits per heavy atom. The van der Waals surface area contributed by atoms with Crippen molar-refractivity contribution >= 4 is 11.8 Å². The number of hydrogen-bond acceptors (Lipinski definition) is 4. The number of morpholine rings is 1. The number of likely N-dealkylation sites (tertiary alicyclic amines) is 1. The van der Waals surface area contributed by atoms with Crippen LogP contribution in [-0.4, -0.2) is 64.4 Å². The summed E-state index contributed by atoms with van der Waals surface area (Å²) in [5.74, 6) is 0.780. The fourth-order valence-electron chi connectivity index (χ4n) is 2.86. The highest BCUT2D eigenvalue weighted by Crippen LogP contribution is 2.22. The molecule has 1 N–H and O–H groups in total. The van der Waals surface area contributed by atoms with Gasteiger partial charge < -0.3 is 19.5 Å². The van der Waals surface area contributed by atoms with Crippen molar-refractivity contribution in [3.05, 3.63) is 17.7 Å². The van der Waals surface area contributed by atoms with Crippen LogP contribution in [0.25, 0.3) is 0 Å². The van der Waals surface area contributed by atoms with Gasteiger partial charge in [-0.15, -0.1) is 0 Å². The molecule has 7 heteroatoms. The van der Waals surface area contributed by atoms with Gasteiger partial charge in [0, 0.05) is 31.4 Å². The van der Waals surface area contributed by atoms with Gasteiger partial charge in [0.2, 0.25) is 11.8 Å². The van der Waals surface area contributed by atoms with Crippen molar-refractivity contribution in [3.63, 3.8) is 0 Å². The summed E-state index contributed by atoms with van der Waals surface area (Å²) in [5, 5.41) is 0. The molecule has 2 fully saturated rings. The minimum Gasteiger partial charge on any atom is -0.377 e. The molecule has 2 saturated heterocycles. The lowest BCUT2D eigenvalue weighted by molar-refractivity contribution is -0.145. The normalized spacial score (nSPS) is 22.9. The topological polar surface area (TPSA) is 78.5 Å². The summed E-state index contributed by atoms with van der Waals surface area (Å²) >= 11 is 0. The van der Waals surface area contributed by atoms with Gasteiger partial charge in [0.05, 0.1) is 19.8 Å². The minimum atomic E-state index is -0.197. The summed E-state index contributed by atoms with van der Waals surface area (Å²) in [5.41, 5.74) is 0.956. The van der Waals surface area contributed by atoms with E-state index in [1.807, 2.05) is 6.92 Å². The van der Waals surface area contributed by atoms with Gasteiger partial charge in [0.1, 0.15) is 11.9 Å². The zero-order valence-corrected chi connectivity index (χ0v) is 12.2. The monoisotopic (exact) mass is 292 g/mol. The van der Waals surface area contributed by atoms with E-state index in [4.69, 9.17) is 4.74 Å². The van der Waals surface area contributed by atoms with E-state index in [9.17, 15) is 9.59 Å². The summed E-state index contributed by atoms with van der Waals surface area (Å²) in [7, 11) is 0. The van der Waals surface area contributed by atoms with Crippen molar-refractivity contribution in [1.29, 1.82) is 0 Å². The van der Waals surface area contributed by atoms with Crippen LogP contribution in [0.15, 0.2) is 6.20 Å². The van der Waals surface area contributed by atoms with E-state index < -0.39 is 0 Å². The molecule has 0 bridgehead atoms. The van der Waals surface area contributed by atoms with Crippen LogP contribution >= 0.6 is 0 Å². The molecule has 114 valence electrons. The molecule has 1 unspecified atom stereocenters. The number of carbonyl (C=O) groups excluding carboxylic acids is 2. The number of aryl methyl sites for hydroxylation is 1. The maximum absolute atomic E-state index is 12.5. The van der Waals surface area contributed by atoms with Crippen LogP contribution < -0.4 is 0 Å². The number of nitrogens with zero attached hydrogens (tertiary/aromatic N) is 3. The van der Waals surface area contributed by atoms with Gasteiger partial charge >= 0.3 is 0 Å². The molecule has 2 aliphatic rings. The number of carbonyl (C=O) groups is 2. The highest BCUT2D eigenvalue weighted by Gasteiger charge is 2.32. The molecule has 0 saturated carbocycles. The number of aromatic nitrogens is 2. The Balaban J connectivity index is 1.71. The lowest BCUT2D eigenvalue weighted by atomic mass is 10.2. The third-order valence-corrected chi connectivity index (χ3v) is 3.98. The van der Waals surface area contributed by atoms with E-state index in [1.54, 1.807) is 16.0 Å². The molecule has 0 aliphatic carbocycles. The first kappa shape index (κ1) is 14.1. The van der Waals surface area contributed by atoms with E-state index in [2.05, 4.69) is 9.97 Å². The van der Waals surface area contributed by atoms with Gasteiger partial charge in [-0.3, -0.25) is 9.59 Å². The van der Waals surface area contributed by atoms with Crippen molar-refractivity contribution in [2.24, 2.45) is 0 Å². The molecule has 1 aromatic rings. The lowest BCUT2D eigenvalue weighted by Crippen LogP contribution is -2.48. The summed E-state index contributed by atoms with van der Waals surface area (Å²) < 4.78 is 5.48. The van der Waals surface area contributed by atoms with E-state index >= 15 is 0 Å². The Kier molecular flexibility index (Phi) is 3.92. The van der Waals surface area contributed by atoms with E-state index in [-0.39, 0.29) is 24.4 Å². The Morgan fingerprint density at radius 1 is 1.52 bits per heavy atom. The molecule has 1 atom stereocenters. The second-order valence-electron chi connectivity index (χ2n) is 5.55. The first-order chi connectivity index (χ1) is 10.1. The van der Waals surface area contributed by atoms with Gasteiger partial charge in [-0.2, -0.15) is 0 Å². The minimum absolute atomic E-state index is 0.0346. The second kappa shape index (κ2) is 5.85. The third-order valence-electron chi connectivity index (χ3n) is 3.98. The standard InChI is InChI=1S/C14H20N4O3/c1-10-7-15-14(16-10)11-9-21-6-5-18(11)13(20)8-17-4-2-3-12(17)19/h7,11H,2-6,8-9H2,1H3,(H,15,16). The highest BCUT2D eigenvalue weighted by atomic mass is 16.5. The van der Waals surface area contributed by atoms with Crippen LogP contribution in [0.5, 0.6) is 0 Å². The van der Waals surface area contributed by atoms with Gasteiger partial charge in [0.15, 0.2) is 0 Å². The van der Waals surface area contributed by atoms with Gasteiger partial charge in [-0.05, 0) is 13.3 Å². The number of ether oxygens (including phenoxy) is 1. The number of amides is 2. The van der Waals surface area contributed by atoms with Gasteiger partial charge in [-0.1, -0.05) is 0 Å². The van der Waals surface area contributed by atoms with E-state index in [0.29, 0.717) is 32.7 Å². The maximum atomic E-state index is 12.5. The number of imidazole rings is 1.